The third kappa shape index (κ3) is 1.04. The van der Waals surface area contributed by atoms with E-state index in [2.05, 4.69) is 25.6 Å². The highest BCUT2D eigenvalue weighted by molar-refractivity contribution is 9.10. The second-order valence-corrected chi connectivity index (χ2v) is 2.57. The van der Waals surface area contributed by atoms with E-state index in [1.165, 1.54) is 0 Å². The van der Waals surface area contributed by atoms with Crippen LogP contribution in [0.1, 0.15) is 16.2 Å². The van der Waals surface area contributed by atoms with Crippen molar-refractivity contribution in [3.63, 3.8) is 0 Å². The van der Waals surface area contributed by atoms with Gasteiger partial charge in [-0.05, 0) is 22.9 Å². The van der Waals surface area contributed by atoms with Crippen LogP contribution in [0.15, 0.2) is 9.00 Å². The predicted molar refractivity (Wildman–Crippen MR) is 37.5 cm³/mol. The summed E-state index contributed by atoms with van der Waals surface area (Å²) in [6, 6.07) is 0. The number of halogens is 1. The van der Waals surface area contributed by atoms with E-state index < -0.39 is 5.91 Å². The quantitative estimate of drug-likeness (QED) is 0.738. The lowest BCUT2D eigenvalue weighted by molar-refractivity contribution is 0.0964. The van der Waals surface area contributed by atoms with Crippen LogP contribution in [0.25, 0.3) is 0 Å². The number of amides is 1. The molecule has 0 unspecified atom stereocenters. The van der Waals surface area contributed by atoms with E-state index >= 15 is 0 Å². The van der Waals surface area contributed by atoms with Gasteiger partial charge in [0.05, 0.1) is 10.2 Å². The van der Waals surface area contributed by atoms with Gasteiger partial charge in [0.25, 0.3) is 5.91 Å². The molecule has 0 fully saturated rings. The van der Waals surface area contributed by atoms with Crippen molar-refractivity contribution in [2.24, 2.45) is 5.73 Å². The molecule has 1 heterocycles. The molecule has 0 saturated carbocycles. The third-order valence-electron chi connectivity index (χ3n) is 1.01. The van der Waals surface area contributed by atoms with Gasteiger partial charge in [0, 0.05) is 0 Å². The van der Waals surface area contributed by atoms with Crippen LogP contribution in [0.4, 0.5) is 0 Å². The lowest BCUT2D eigenvalue weighted by atomic mass is 10.4. The van der Waals surface area contributed by atoms with Crippen molar-refractivity contribution in [2.45, 2.75) is 6.92 Å². The predicted octanol–water partition coefficient (Wildman–Crippen LogP) is 0.844. The molecular weight excluding hydrogens is 200 g/mol. The monoisotopic (exact) mass is 204 g/mol. The SMILES string of the molecule is Cc1noc(C(N)=O)c1Br. The van der Waals surface area contributed by atoms with Gasteiger partial charge in [0.1, 0.15) is 0 Å². The van der Waals surface area contributed by atoms with Crippen LogP contribution in [-0.2, 0) is 0 Å². The highest BCUT2D eigenvalue weighted by Gasteiger charge is 2.14. The molecule has 1 aromatic rings. The van der Waals surface area contributed by atoms with Gasteiger partial charge < -0.3 is 10.3 Å². The maximum absolute atomic E-state index is 10.5. The van der Waals surface area contributed by atoms with Gasteiger partial charge in [-0.1, -0.05) is 5.16 Å². The molecule has 0 bridgehead atoms. The van der Waals surface area contributed by atoms with Crippen LogP contribution in [0, 0.1) is 6.92 Å². The zero-order valence-corrected chi connectivity index (χ0v) is 6.81. The van der Waals surface area contributed by atoms with Gasteiger partial charge in [-0.3, -0.25) is 4.79 Å². The summed E-state index contributed by atoms with van der Waals surface area (Å²) in [6.45, 7) is 1.71. The molecular formula is C5H5BrN2O2. The Bertz CT molecular complexity index is 269. The number of hydrogen-bond acceptors (Lipinski definition) is 3. The Morgan fingerprint density at radius 3 is 2.60 bits per heavy atom. The van der Waals surface area contributed by atoms with E-state index in [9.17, 15) is 4.79 Å². The van der Waals surface area contributed by atoms with Gasteiger partial charge in [-0.15, -0.1) is 0 Å². The lowest BCUT2D eigenvalue weighted by Crippen LogP contribution is -2.10. The molecule has 54 valence electrons. The summed E-state index contributed by atoms with van der Waals surface area (Å²) >= 11 is 3.09. The van der Waals surface area contributed by atoms with Gasteiger partial charge in [0.15, 0.2) is 0 Å². The van der Waals surface area contributed by atoms with Crippen molar-refractivity contribution >= 4 is 21.8 Å². The van der Waals surface area contributed by atoms with Gasteiger partial charge in [0.2, 0.25) is 5.76 Å². The molecule has 0 aromatic carbocycles. The Morgan fingerprint density at radius 1 is 1.80 bits per heavy atom. The summed E-state index contributed by atoms with van der Waals surface area (Å²) in [5.41, 5.74) is 5.54. The van der Waals surface area contributed by atoms with E-state index in [-0.39, 0.29) is 5.76 Å². The molecule has 4 nitrogen and oxygen atoms in total. The Balaban J connectivity index is 3.17. The van der Waals surface area contributed by atoms with E-state index in [1.54, 1.807) is 6.92 Å². The van der Waals surface area contributed by atoms with Crippen LogP contribution >= 0.6 is 15.9 Å². The van der Waals surface area contributed by atoms with Crippen LogP contribution in [0.5, 0.6) is 0 Å². The first-order chi connectivity index (χ1) is 4.63. The number of nitrogens with zero attached hydrogens (tertiary/aromatic N) is 1. The molecule has 0 radical (unpaired) electrons. The Labute approximate surface area is 65.5 Å². The highest BCUT2D eigenvalue weighted by atomic mass is 79.9. The summed E-state index contributed by atoms with van der Waals surface area (Å²) in [5, 5.41) is 3.51. The largest absolute Gasteiger partial charge is 0.363 e. The third-order valence-corrected chi connectivity index (χ3v) is 1.95. The molecule has 0 saturated heterocycles. The molecule has 1 rings (SSSR count). The van der Waals surface area contributed by atoms with Gasteiger partial charge >= 0.3 is 0 Å². The van der Waals surface area contributed by atoms with Crippen molar-refractivity contribution in [3.05, 3.63) is 15.9 Å². The van der Waals surface area contributed by atoms with E-state index in [0.29, 0.717) is 10.2 Å². The average molecular weight is 205 g/mol. The minimum absolute atomic E-state index is 0.0671. The van der Waals surface area contributed by atoms with Crippen molar-refractivity contribution in [3.8, 4) is 0 Å². The van der Waals surface area contributed by atoms with Gasteiger partial charge in [-0.25, -0.2) is 0 Å². The highest BCUT2D eigenvalue weighted by Crippen LogP contribution is 2.19. The number of nitrogens with two attached hydrogens (primary N) is 1. The molecule has 0 aliphatic carbocycles. The number of hydrogen-bond donors (Lipinski definition) is 1. The van der Waals surface area contributed by atoms with Crippen molar-refractivity contribution in [1.29, 1.82) is 0 Å². The van der Waals surface area contributed by atoms with Crippen molar-refractivity contribution in [1.82, 2.24) is 5.16 Å². The fourth-order valence-electron chi connectivity index (χ4n) is 0.512. The zero-order chi connectivity index (χ0) is 7.72. The van der Waals surface area contributed by atoms with Crippen LogP contribution in [0.2, 0.25) is 0 Å². The minimum Gasteiger partial charge on any atom is -0.363 e. The number of aromatic nitrogens is 1. The summed E-state index contributed by atoms with van der Waals surface area (Å²) < 4.78 is 5.11. The Hall–Kier alpha value is -0.840. The van der Waals surface area contributed by atoms with Crippen molar-refractivity contribution in [2.75, 3.05) is 0 Å². The summed E-state index contributed by atoms with van der Waals surface area (Å²) in [4.78, 5) is 10.5. The molecule has 2 N–H and O–H groups in total. The minimum atomic E-state index is -0.618. The molecule has 0 aliphatic rings. The first kappa shape index (κ1) is 7.27. The Kier molecular flexibility index (Phi) is 1.76. The number of carbonyl (C=O) groups is 1. The summed E-state index contributed by atoms with van der Waals surface area (Å²) in [7, 11) is 0. The molecule has 0 aliphatic heterocycles. The molecule has 10 heavy (non-hydrogen) atoms. The zero-order valence-electron chi connectivity index (χ0n) is 5.22. The van der Waals surface area contributed by atoms with Crippen molar-refractivity contribution < 1.29 is 9.32 Å². The first-order valence-electron chi connectivity index (χ1n) is 2.54. The lowest BCUT2D eigenvalue weighted by Gasteiger charge is -1.84. The summed E-state index contributed by atoms with van der Waals surface area (Å²) in [5.74, 6) is -0.551. The van der Waals surface area contributed by atoms with Gasteiger partial charge in [-0.2, -0.15) is 0 Å². The fourth-order valence-corrected chi connectivity index (χ4v) is 0.852. The standard InChI is InChI=1S/C5H5BrN2O2/c1-2-3(6)4(5(7)9)10-8-2/h1H3,(H2,7,9). The van der Waals surface area contributed by atoms with E-state index in [4.69, 9.17) is 5.73 Å². The number of carbonyl (C=O) groups excluding carboxylic acids is 1. The maximum Gasteiger partial charge on any atom is 0.288 e. The number of rotatable bonds is 1. The normalized spacial score (nSPS) is 9.80. The number of primary amides is 1. The van der Waals surface area contributed by atoms with Crippen LogP contribution in [-0.4, -0.2) is 11.1 Å². The maximum atomic E-state index is 10.5. The first-order valence-corrected chi connectivity index (χ1v) is 3.34. The molecule has 0 spiro atoms. The summed E-state index contributed by atoms with van der Waals surface area (Å²) in [6.07, 6.45) is 0. The molecule has 1 amide bonds. The molecule has 5 heteroatoms. The number of aryl methyl sites for hydroxylation is 1. The smallest absolute Gasteiger partial charge is 0.288 e. The van der Waals surface area contributed by atoms with Crippen LogP contribution < -0.4 is 5.73 Å². The molecule has 1 aromatic heterocycles. The molecule has 0 atom stereocenters. The van der Waals surface area contributed by atoms with Crippen LogP contribution in [0.3, 0.4) is 0 Å². The topological polar surface area (TPSA) is 69.1 Å². The van der Waals surface area contributed by atoms with E-state index in [1.807, 2.05) is 0 Å². The fraction of sp³-hybridized carbons (Fsp3) is 0.200. The van der Waals surface area contributed by atoms with E-state index in [0.717, 1.165) is 0 Å². The Morgan fingerprint density at radius 2 is 2.40 bits per heavy atom. The second-order valence-electron chi connectivity index (χ2n) is 1.78. The second kappa shape index (κ2) is 2.42. The average Bonchev–Trinajstić information content (AvgIpc) is 2.14.